The van der Waals surface area contributed by atoms with Crippen LogP contribution in [-0.2, 0) is 6.54 Å². The van der Waals surface area contributed by atoms with Crippen LogP contribution in [0.2, 0.25) is 5.02 Å². The number of hydrogen-bond donors (Lipinski definition) is 3. The summed E-state index contributed by atoms with van der Waals surface area (Å²) in [4.78, 5) is 7.02. The second kappa shape index (κ2) is 10.8. The highest BCUT2D eigenvalue weighted by Gasteiger charge is 2.20. The first-order valence-corrected chi connectivity index (χ1v) is 9.56. The predicted octanol–water partition coefficient (Wildman–Crippen LogP) is 3.20. The van der Waals surface area contributed by atoms with Crippen molar-refractivity contribution in [2.24, 2.45) is 4.99 Å². The van der Waals surface area contributed by atoms with Gasteiger partial charge >= 0.3 is 0 Å². The Bertz CT molecular complexity index is 666. The summed E-state index contributed by atoms with van der Waals surface area (Å²) in [5.74, 6) is 0.784. The van der Waals surface area contributed by atoms with Gasteiger partial charge in [-0.1, -0.05) is 43.6 Å². The predicted molar refractivity (Wildman–Crippen MR) is 109 cm³/mol. The van der Waals surface area contributed by atoms with E-state index >= 15 is 0 Å². The van der Waals surface area contributed by atoms with E-state index in [9.17, 15) is 0 Å². The maximum Gasteiger partial charge on any atom is 0.191 e. The lowest BCUT2D eigenvalue weighted by atomic mass is 10.0. The number of nitrogens with zero attached hydrogens (tertiary/aromatic N) is 3. The average molecular weight is 377 g/mol. The Balaban J connectivity index is 2.12. The fourth-order valence-corrected chi connectivity index (χ4v) is 3.18. The van der Waals surface area contributed by atoms with Gasteiger partial charge < -0.3 is 10.6 Å². The summed E-state index contributed by atoms with van der Waals surface area (Å²) in [6, 6.07) is 10.2. The number of aromatic nitrogens is 2. The number of likely N-dealkylation sites (N-methyl/N-ethyl adjacent to an activating group) is 1. The van der Waals surface area contributed by atoms with Gasteiger partial charge in [0.2, 0.25) is 0 Å². The van der Waals surface area contributed by atoms with E-state index in [4.69, 9.17) is 11.6 Å². The Kier molecular flexibility index (Phi) is 8.44. The Morgan fingerprint density at radius 1 is 1.19 bits per heavy atom. The first kappa shape index (κ1) is 20.3. The maximum absolute atomic E-state index is 6.47. The van der Waals surface area contributed by atoms with Crippen LogP contribution in [0.15, 0.2) is 41.5 Å². The van der Waals surface area contributed by atoms with Crippen LogP contribution in [-0.4, -0.2) is 47.2 Å². The fraction of sp³-hybridized carbons (Fsp3) is 0.474. The van der Waals surface area contributed by atoms with Crippen molar-refractivity contribution in [1.82, 2.24) is 25.7 Å². The standard InChI is InChI=1S/C19H29ClN6/c1-4-21-19(22-13-15-11-12-24-25-15)23-14-18(26(5-2)6-3)16-9-7-8-10-17(16)20/h7-12,18H,4-6,13-14H2,1-3H3,(H,24,25)(H2,21,22,23). The molecule has 1 atom stereocenters. The molecule has 0 aliphatic carbocycles. The zero-order valence-electron chi connectivity index (χ0n) is 15.8. The van der Waals surface area contributed by atoms with Crippen LogP contribution in [0.4, 0.5) is 0 Å². The first-order valence-electron chi connectivity index (χ1n) is 9.18. The second-order valence-corrected chi connectivity index (χ2v) is 6.32. The van der Waals surface area contributed by atoms with Gasteiger partial charge in [-0.25, -0.2) is 4.99 Å². The van der Waals surface area contributed by atoms with Gasteiger partial charge in [-0.15, -0.1) is 0 Å². The van der Waals surface area contributed by atoms with Crippen LogP contribution in [0.25, 0.3) is 0 Å². The molecule has 7 heteroatoms. The SMILES string of the molecule is CCNC(=NCc1ccn[nH]1)NCC(c1ccccc1Cl)N(CC)CC. The highest BCUT2D eigenvalue weighted by atomic mass is 35.5. The summed E-state index contributed by atoms with van der Waals surface area (Å²) in [6.07, 6.45) is 1.74. The van der Waals surface area contributed by atoms with Gasteiger partial charge in [-0.3, -0.25) is 10.00 Å². The van der Waals surface area contributed by atoms with Crippen LogP contribution >= 0.6 is 11.6 Å². The van der Waals surface area contributed by atoms with Crippen LogP contribution in [0.1, 0.15) is 38.1 Å². The molecule has 0 saturated carbocycles. The molecule has 2 rings (SSSR count). The van der Waals surface area contributed by atoms with Gasteiger partial charge in [0.1, 0.15) is 0 Å². The van der Waals surface area contributed by atoms with E-state index in [1.165, 1.54) is 0 Å². The van der Waals surface area contributed by atoms with E-state index in [1.54, 1.807) is 6.20 Å². The largest absolute Gasteiger partial charge is 0.357 e. The molecule has 0 saturated heterocycles. The molecule has 0 aliphatic heterocycles. The van der Waals surface area contributed by atoms with Crippen molar-refractivity contribution >= 4 is 17.6 Å². The fourth-order valence-electron chi connectivity index (χ4n) is 2.92. The van der Waals surface area contributed by atoms with Crippen LogP contribution < -0.4 is 10.6 Å². The molecule has 3 N–H and O–H groups in total. The van der Waals surface area contributed by atoms with E-state index < -0.39 is 0 Å². The Morgan fingerprint density at radius 3 is 2.58 bits per heavy atom. The third-order valence-corrected chi connectivity index (χ3v) is 4.63. The molecule has 1 aromatic heterocycles. The normalized spacial score (nSPS) is 13.0. The summed E-state index contributed by atoms with van der Waals surface area (Å²) in [5, 5.41) is 14.4. The zero-order valence-corrected chi connectivity index (χ0v) is 16.6. The second-order valence-electron chi connectivity index (χ2n) is 5.92. The minimum absolute atomic E-state index is 0.176. The van der Waals surface area contributed by atoms with Gasteiger partial charge in [0.25, 0.3) is 0 Å². The number of H-pyrrole nitrogens is 1. The summed E-state index contributed by atoms with van der Waals surface area (Å²) in [7, 11) is 0. The number of aliphatic imine (C=N–C) groups is 1. The maximum atomic E-state index is 6.47. The molecule has 6 nitrogen and oxygen atoms in total. The third kappa shape index (κ3) is 5.75. The topological polar surface area (TPSA) is 68.3 Å². The third-order valence-electron chi connectivity index (χ3n) is 4.29. The van der Waals surface area contributed by atoms with Crippen LogP contribution in [0.3, 0.4) is 0 Å². The molecule has 0 spiro atoms. The summed E-state index contributed by atoms with van der Waals surface area (Å²) in [6.45, 7) is 10.4. The molecule has 0 bridgehead atoms. The zero-order chi connectivity index (χ0) is 18.8. The number of aromatic amines is 1. The minimum Gasteiger partial charge on any atom is -0.357 e. The van der Waals surface area contributed by atoms with Gasteiger partial charge in [0, 0.05) is 24.3 Å². The quantitative estimate of drug-likeness (QED) is 0.464. The lowest BCUT2D eigenvalue weighted by Crippen LogP contribution is -2.43. The summed E-state index contributed by atoms with van der Waals surface area (Å²) >= 11 is 6.47. The van der Waals surface area contributed by atoms with E-state index in [-0.39, 0.29) is 6.04 Å². The molecular formula is C19H29ClN6. The number of benzene rings is 1. The number of guanidine groups is 1. The van der Waals surface area contributed by atoms with Gasteiger partial charge in [0.05, 0.1) is 18.3 Å². The van der Waals surface area contributed by atoms with E-state index in [0.717, 1.165) is 48.4 Å². The molecule has 26 heavy (non-hydrogen) atoms. The molecule has 1 unspecified atom stereocenters. The molecule has 1 aromatic carbocycles. The molecular weight excluding hydrogens is 348 g/mol. The van der Waals surface area contributed by atoms with E-state index in [1.807, 2.05) is 24.3 Å². The van der Waals surface area contributed by atoms with Gasteiger partial charge in [-0.05, 0) is 37.7 Å². The summed E-state index contributed by atoms with van der Waals surface area (Å²) < 4.78 is 0. The Hall–Kier alpha value is -2.05. The van der Waals surface area contributed by atoms with Crippen molar-refractivity contribution < 1.29 is 0 Å². The molecule has 0 fully saturated rings. The van der Waals surface area contributed by atoms with Gasteiger partial charge in [-0.2, -0.15) is 5.10 Å². The van der Waals surface area contributed by atoms with Crippen molar-refractivity contribution in [3.63, 3.8) is 0 Å². The molecule has 1 heterocycles. The van der Waals surface area contributed by atoms with Crippen molar-refractivity contribution in [3.8, 4) is 0 Å². The highest BCUT2D eigenvalue weighted by Crippen LogP contribution is 2.26. The summed E-state index contributed by atoms with van der Waals surface area (Å²) in [5.41, 5.74) is 2.11. The van der Waals surface area contributed by atoms with Crippen molar-refractivity contribution in [3.05, 3.63) is 52.8 Å². The monoisotopic (exact) mass is 376 g/mol. The molecule has 2 aromatic rings. The number of rotatable bonds is 9. The van der Waals surface area contributed by atoms with Crippen molar-refractivity contribution in [1.29, 1.82) is 0 Å². The van der Waals surface area contributed by atoms with Crippen LogP contribution in [0, 0.1) is 0 Å². The molecule has 0 radical (unpaired) electrons. The molecule has 0 aliphatic rings. The Morgan fingerprint density at radius 2 is 1.96 bits per heavy atom. The number of halogens is 1. The van der Waals surface area contributed by atoms with E-state index in [2.05, 4.69) is 57.6 Å². The Labute approximate surface area is 161 Å². The van der Waals surface area contributed by atoms with Crippen molar-refractivity contribution in [2.45, 2.75) is 33.4 Å². The van der Waals surface area contributed by atoms with E-state index in [0.29, 0.717) is 6.54 Å². The minimum atomic E-state index is 0.176. The lowest BCUT2D eigenvalue weighted by molar-refractivity contribution is 0.219. The highest BCUT2D eigenvalue weighted by molar-refractivity contribution is 6.31. The number of nitrogens with one attached hydrogen (secondary N) is 3. The van der Waals surface area contributed by atoms with Crippen LogP contribution in [0.5, 0.6) is 0 Å². The number of hydrogen-bond acceptors (Lipinski definition) is 3. The van der Waals surface area contributed by atoms with Gasteiger partial charge in [0.15, 0.2) is 5.96 Å². The first-order chi connectivity index (χ1) is 12.7. The van der Waals surface area contributed by atoms with Crippen molar-refractivity contribution in [2.75, 3.05) is 26.2 Å². The molecule has 0 amide bonds. The lowest BCUT2D eigenvalue weighted by Gasteiger charge is -2.31. The average Bonchev–Trinajstić information content (AvgIpc) is 3.17. The smallest absolute Gasteiger partial charge is 0.191 e. The molecule has 142 valence electrons.